The highest BCUT2D eigenvalue weighted by Gasteiger charge is 2.09. The average molecular weight is 235 g/mol. The molecule has 17 heavy (non-hydrogen) atoms. The molecule has 90 valence electrons. The normalized spacial score (nSPS) is 10.2. The van der Waals surface area contributed by atoms with Crippen LogP contribution in [-0.2, 0) is 0 Å². The van der Waals surface area contributed by atoms with Crippen LogP contribution in [-0.4, -0.2) is 39.5 Å². The molecule has 0 aliphatic heterocycles. The Morgan fingerprint density at radius 2 is 2.00 bits per heavy atom. The molecule has 0 unspecified atom stereocenters. The Balaban J connectivity index is 2.22. The van der Waals surface area contributed by atoms with Crippen LogP contribution in [0.25, 0.3) is 0 Å². The van der Waals surface area contributed by atoms with Gasteiger partial charge in [-0.15, -0.1) is 10.2 Å². The van der Waals surface area contributed by atoms with Crippen molar-refractivity contribution in [3.63, 3.8) is 0 Å². The van der Waals surface area contributed by atoms with Gasteiger partial charge in [0.2, 0.25) is 11.9 Å². The van der Waals surface area contributed by atoms with Gasteiger partial charge in [-0.3, -0.25) is 4.98 Å². The van der Waals surface area contributed by atoms with E-state index in [1.165, 1.54) is 6.07 Å². The molecule has 0 bridgehead atoms. The second-order valence-electron chi connectivity index (χ2n) is 3.69. The van der Waals surface area contributed by atoms with Gasteiger partial charge in [0, 0.05) is 14.1 Å². The lowest BCUT2D eigenvalue weighted by molar-refractivity contribution is 0.405. The molecule has 0 fully saturated rings. The molecule has 0 amide bonds. The summed E-state index contributed by atoms with van der Waals surface area (Å²) in [4.78, 5) is 4.67. The van der Waals surface area contributed by atoms with E-state index in [1.54, 1.807) is 17.0 Å². The zero-order chi connectivity index (χ0) is 12.4. The largest absolute Gasteiger partial charge is 0.504 e. The van der Waals surface area contributed by atoms with Crippen LogP contribution in [0.2, 0.25) is 0 Å². The number of hydrogen-bond donors (Lipinski definition) is 4. The van der Waals surface area contributed by atoms with E-state index in [1.807, 2.05) is 14.1 Å². The number of benzene rings is 1. The molecule has 7 heteroatoms. The number of aromatic hydroxyl groups is 2. The van der Waals surface area contributed by atoms with Crippen molar-refractivity contribution in [2.75, 3.05) is 24.3 Å². The summed E-state index contributed by atoms with van der Waals surface area (Å²) < 4.78 is 0. The SMILES string of the molecule is CN(C)c1nnc(Nc2cccc(O)c2O)[nH]1. The molecule has 4 N–H and O–H groups in total. The lowest BCUT2D eigenvalue weighted by Crippen LogP contribution is -2.10. The number of phenols is 2. The number of hydrogen-bond acceptors (Lipinski definition) is 6. The molecule has 0 atom stereocenters. The molecule has 2 aromatic rings. The Morgan fingerprint density at radius 3 is 2.65 bits per heavy atom. The highest BCUT2D eigenvalue weighted by atomic mass is 16.3. The molecule has 0 spiro atoms. The first-order valence-electron chi connectivity index (χ1n) is 4.96. The fourth-order valence-electron chi connectivity index (χ4n) is 1.27. The van der Waals surface area contributed by atoms with Crippen LogP contribution in [0.3, 0.4) is 0 Å². The molecular formula is C10H13N5O2. The zero-order valence-corrected chi connectivity index (χ0v) is 9.47. The van der Waals surface area contributed by atoms with Gasteiger partial charge in [0.25, 0.3) is 0 Å². The van der Waals surface area contributed by atoms with Gasteiger partial charge in [-0.1, -0.05) is 6.07 Å². The van der Waals surface area contributed by atoms with E-state index in [0.717, 1.165) is 0 Å². The van der Waals surface area contributed by atoms with Crippen molar-refractivity contribution < 1.29 is 10.2 Å². The third kappa shape index (κ3) is 2.22. The molecule has 0 aliphatic rings. The number of phenolic OH excluding ortho intramolecular Hbond substituents is 2. The van der Waals surface area contributed by atoms with Crippen molar-refractivity contribution in [1.82, 2.24) is 15.2 Å². The molecule has 0 radical (unpaired) electrons. The Kier molecular flexibility index (Phi) is 2.73. The second kappa shape index (κ2) is 4.20. The minimum atomic E-state index is -0.227. The van der Waals surface area contributed by atoms with Crippen molar-refractivity contribution in [1.29, 1.82) is 0 Å². The third-order valence-electron chi connectivity index (χ3n) is 2.17. The summed E-state index contributed by atoms with van der Waals surface area (Å²) in [7, 11) is 3.66. The van der Waals surface area contributed by atoms with Crippen molar-refractivity contribution in [2.24, 2.45) is 0 Å². The highest BCUT2D eigenvalue weighted by Crippen LogP contribution is 2.33. The van der Waals surface area contributed by atoms with E-state index >= 15 is 0 Å². The van der Waals surface area contributed by atoms with E-state index in [9.17, 15) is 10.2 Å². The van der Waals surface area contributed by atoms with Gasteiger partial charge in [0.1, 0.15) is 0 Å². The number of nitrogens with one attached hydrogen (secondary N) is 2. The van der Waals surface area contributed by atoms with Crippen LogP contribution in [0.4, 0.5) is 17.6 Å². The zero-order valence-electron chi connectivity index (χ0n) is 9.47. The summed E-state index contributed by atoms with van der Waals surface area (Å²) in [5.41, 5.74) is 0.353. The van der Waals surface area contributed by atoms with Crippen LogP contribution in [0.15, 0.2) is 18.2 Å². The minimum Gasteiger partial charge on any atom is -0.504 e. The van der Waals surface area contributed by atoms with E-state index in [0.29, 0.717) is 17.6 Å². The maximum absolute atomic E-state index is 9.59. The lowest BCUT2D eigenvalue weighted by atomic mass is 10.3. The number of aromatic nitrogens is 3. The molecule has 0 aliphatic carbocycles. The molecule has 7 nitrogen and oxygen atoms in total. The highest BCUT2D eigenvalue weighted by molar-refractivity contribution is 5.66. The van der Waals surface area contributed by atoms with Crippen molar-refractivity contribution in [3.05, 3.63) is 18.2 Å². The first-order valence-corrected chi connectivity index (χ1v) is 4.96. The molecule has 0 saturated carbocycles. The summed E-state index contributed by atoms with van der Waals surface area (Å²) in [5.74, 6) is 0.555. The average Bonchev–Trinajstić information content (AvgIpc) is 2.73. The maximum atomic E-state index is 9.59. The van der Waals surface area contributed by atoms with Gasteiger partial charge in [0.05, 0.1) is 5.69 Å². The van der Waals surface area contributed by atoms with E-state index in [-0.39, 0.29) is 11.5 Å². The van der Waals surface area contributed by atoms with Gasteiger partial charge in [-0.05, 0) is 12.1 Å². The molecule has 1 aromatic heterocycles. The second-order valence-corrected chi connectivity index (χ2v) is 3.69. The van der Waals surface area contributed by atoms with Crippen LogP contribution < -0.4 is 10.2 Å². The maximum Gasteiger partial charge on any atom is 0.227 e. The predicted octanol–water partition coefficient (Wildman–Crippen LogP) is 1.03. The Hall–Kier alpha value is -2.44. The summed E-state index contributed by atoms with van der Waals surface area (Å²) in [5, 5.41) is 29.5. The van der Waals surface area contributed by atoms with Gasteiger partial charge in [-0.25, -0.2) is 0 Å². The summed E-state index contributed by atoms with van der Waals surface area (Å²) in [6.07, 6.45) is 0. The van der Waals surface area contributed by atoms with Gasteiger partial charge in [-0.2, -0.15) is 0 Å². The molecule has 1 heterocycles. The summed E-state index contributed by atoms with van der Waals surface area (Å²) in [6.45, 7) is 0. The van der Waals surface area contributed by atoms with Crippen LogP contribution >= 0.6 is 0 Å². The predicted molar refractivity (Wildman–Crippen MR) is 63.8 cm³/mol. The molecular weight excluding hydrogens is 222 g/mol. The first kappa shape index (κ1) is 11.1. The van der Waals surface area contributed by atoms with E-state index < -0.39 is 0 Å². The molecule has 2 rings (SSSR count). The van der Waals surface area contributed by atoms with Crippen LogP contribution in [0.5, 0.6) is 11.5 Å². The lowest BCUT2D eigenvalue weighted by Gasteiger charge is -2.07. The van der Waals surface area contributed by atoms with Crippen LogP contribution in [0.1, 0.15) is 0 Å². The van der Waals surface area contributed by atoms with Crippen LogP contribution in [0, 0.1) is 0 Å². The Morgan fingerprint density at radius 1 is 1.24 bits per heavy atom. The van der Waals surface area contributed by atoms with Crippen molar-refractivity contribution in [2.45, 2.75) is 0 Å². The molecule has 1 aromatic carbocycles. The number of nitrogens with zero attached hydrogens (tertiary/aromatic N) is 3. The quantitative estimate of drug-likeness (QED) is 0.593. The number of rotatable bonds is 3. The Labute approximate surface area is 97.7 Å². The number of anilines is 3. The standard InChI is InChI=1S/C10H13N5O2/c1-15(2)10-12-9(13-14-10)11-6-4-3-5-7(16)8(6)17/h3-5,16-17H,1-2H3,(H2,11,12,13,14). The monoisotopic (exact) mass is 235 g/mol. The molecule has 0 saturated heterocycles. The van der Waals surface area contributed by atoms with Gasteiger partial charge in [0.15, 0.2) is 11.5 Å². The Bertz CT molecular complexity index is 523. The van der Waals surface area contributed by atoms with E-state index in [4.69, 9.17) is 0 Å². The van der Waals surface area contributed by atoms with E-state index in [2.05, 4.69) is 20.5 Å². The number of aromatic amines is 1. The first-order chi connectivity index (χ1) is 8.08. The topological polar surface area (TPSA) is 97.3 Å². The fraction of sp³-hybridized carbons (Fsp3) is 0.200. The summed E-state index contributed by atoms with van der Waals surface area (Å²) >= 11 is 0. The summed E-state index contributed by atoms with van der Waals surface area (Å²) in [6, 6.07) is 4.62. The van der Waals surface area contributed by atoms with Crippen molar-refractivity contribution >= 4 is 17.6 Å². The van der Waals surface area contributed by atoms with Gasteiger partial charge < -0.3 is 20.4 Å². The minimum absolute atomic E-state index is 0.192. The third-order valence-corrected chi connectivity index (χ3v) is 2.17. The van der Waals surface area contributed by atoms with Crippen molar-refractivity contribution in [3.8, 4) is 11.5 Å². The smallest absolute Gasteiger partial charge is 0.227 e. The van der Waals surface area contributed by atoms with Gasteiger partial charge >= 0.3 is 0 Å². The number of para-hydroxylation sites is 1. The number of H-pyrrole nitrogens is 1. The fourth-order valence-corrected chi connectivity index (χ4v) is 1.27.